The normalized spacial score (nSPS) is 13.3. The van der Waals surface area contributed by atoms with Crippen LogP contribution in [0.4, 0.5) is 0 Å². The van der Waals surface area contributed by atoms with Crippen molar-refractivity contribution in [1.82, 2.24) is 14.7 Å². The Balaban J connectivity index is 0.00000243. The highest BCUT2D eigenvalue weighted by Crippen LogP contribution is 2.29. The van der Waals surface area contributed by atoms with E-state index in [1.807, 2.05) is 23.9 Å². The highest BCUT2D eigenvalue weighted by Gasteiger charge is 2.30. The average molecular weight is 377 g/mol. The van der Waals surface area contributed by atoms with E-state index < -0.39 is 0 Å². The fourth-order valence-corrected chi connectivity index (χ4v) is 3.57. The fourth-order valence-electron chi connectivity index (χ4n) is 3.57. The Hall–Kier alpha value is -1.85. The van der Waals surface area contributed by atoms with Crippen molar-refractivity contribution < 1.29 is 4.79 Å². The van der Waals surface area contributed by atoms with Gasteiger partial charge >= 0.3 is 0 Å². The van der Waals surface area contributed by atoms with Gasteiger partial charge < -0.3 is 10.6 Å². The first-order chi connectivity index (χ1) is 11.8. The highest BCUT2D eigenvalue weighted by atomic mass is 35.5. The fraction of sp³-hybridized carbons (Fsp3) is 0.500. The molecule has 0 fully saturated rings. The van der Waals surface area contributed by atoms with E-state index in [1.165, 1.54) is 5.69 Å². The minimum Gasteiger partial charge on any atom is -0.340 e. The molecular formula is C20H29ClN4O. The number of rotatable bonds is 5. The number of aromatic nitrogens is 2. The molecule has 1 heterocycles. The van der Waals surface area contributed by atoms with Crippen LogP contribution in [0.15, 0.2) is 24.3 Å². The van der Waals surface area contributed by atoms with Crippen molar-refractivity contribution in [3.63, 3.8) is 0 Å². The van der Waals surface area contributed by atoms with Gasteiger partial charge in [-0.15, -0.1) is 12.4 Å². The number of aryl methyl sites for hydroxylation is 1. The van der Waals surface area contributed by atoms with Crippen LogP contribution in [-0.4, -0.2) is 40.7 Å². The molecule has 2 N–H and O–H groups in total. The van der Waals surface area contributed by atoms with E-state index in [1.54, 1.807) is 4.90 Å². The summed E-state index contributed by atoms with van der Waals surface area (Å²) in [6.45, 7) is 7.39. The molecular weight excluding hydrogens is 348 g/mol. The molecule has 1 aromatic heterocycles. The second-order valence-electron chi connectivity index (χ2n) is 7.86. The molecule has 0 atom stereocenters. The Labute approximate surface area is 162 Å². The summed E-state index contributed by atoms with van der Waals surface area (Å²) in [6, 6.07) is 8.19. The molecule has 2 aromatic rings. The lowest BCUT2D eigenvalue weighted by molar-refractivity contribution is 0.0733. The molecule has 142 valence electrons. The van der Waals surface area contributed by atoms with Gasteiger partial charge in [0.1, 0.15) is 0 Å². The monoisotopic (exact) mass is 376 g/mol. The number of fused-ring (bicyclic) bond motifs is 1. The molecule has 0 spiro atoms. The van der Waals surface area contributed by atoms with Crippen LogP contribution in [0.25, 0.3) is 5.69 Å². The van der Waals surface area contributed by atoms with E-state index in [4.69, 9.17) is 10.8 Å². The molecule has 1 aromatic carbocycles. The van der Waals surface area contributed by atoms with Crippen molar-refractivity contribution in [2.75, 3.05) is 20.1 Å². The third-order valence-electron chi connectivity index (χ3n) is 5.04. The van der Waals surface area contributed by atoms with E-state index in [2.05, 4.69) is 32.9 Å². The van der Waals surface area contributed by atoms with Gasteiger partial charge in [-0.25, -0.2) is 4.68 Å². The van der Waals surface area contributed by atoms with Crippen molar-refractivity contribution in [2.45, 2.75) is 40.0 Å². The zero-order chi connectivity index (χ0) is 18.2. The van der Waals surface area contributed by atoms with Crippen LogP contribution in [0.3, 0.4) is 0 Å². The topological polar surface area (TPSA) is 64.2 Å². The molecule has 6 heteroatoms. The zero-order valence-corrected chi connectivity index (χ0v) is 16.9. The van der Waals surface area contributed by atoms with Crippen molar-refractivity contribution in [1.29, 1.82) is 0 Å². The summed E-state index contributed by atoms with van der Waals surface area (Å²) in [5.74, 6) is -0.00740. The molecule has 0 aliphatic heterocycles. The summed E-state index contributed by atoms with van der Waals surface area (Å²) in [5.41, 5.74) is 10.8. The lowest BCUT2D eigenvalue weighted by atomic mass is 9.93. The number of hydrogen-bond donors (Lipinski definition) is 1. The van der Waals surface area contributed by atoms with E-state index >= 15 is 0 Å². The van der Waals surface area contributed by atoms with Crippen LogP contribution in [0.1, 0.15) is 47.6 Å². The Bertz CT molecular complexity index is 797. The maximum atomic E-state index is 13.0. The molecule has 1 amide bonds. The molecule has 3 rings (SSSR count). The second-order valence-corrected chi connectivity index (χ2v) is 7.86. The summed E-state index contributed by atoms with van der Waals surface area (Å²) < 4.78 is 1.98. The van der Waals surface area contributed by atoms with Crippen molar-refractivity contribution >= 4 is 18.3 Å². The molecule has 0 saturated heterocycles. The first kappa shape index (κ1) is 20.5. The number of nitrogens with zero attached hydrogens (tertiary/aromatic N) is 3. The lowest BCUT2D eigenvalue weighted by Gasteiger charge is -2.28. The molecule has 0 bridgehead atoms. The van der Waals surface area contributed by atoms with Crippen LogP contribution in [0.2, 0.25) is 0 Å². The molecule has 5 nitrogen and oxygen atoms in total. The molecule has 0 saturated carbocycles. The first-order valence-electron chi connectivity index (χ1n) is 8.96. The third-order valence-corrected chi connectivity index (χ3v) is 5.04. The van der Waals surface area contributed by atoms with Gasteiger partial charge in [0.2, 0.25) is 0 Å². The third kappa shape index (κ3) is 3.79. The Morgan fingerprint density at radius 2 is 2.00 bits per heavy atom. The van der Waals surface area contributed by atoms with E-state index in [0.29, 0.717) is 18.8 Å². The minimum absolute atomic E-state index is 0. The Morgan fingerprint density at radius 3 is 2.65 bits per heavy atom. The van der Waals surface area contributed by atoms with E-state index in [-0.39, 0.29) is 23.7 Å². The lowest BCUT2D eigenvalue weighted by Crippen LogP contribution is -2.40. The number of hydrogen-bond acceptors (Lipinski definition) is 3. The van der Waals surface area contributed by atoms with Gasteiger partial charge in [-0.05, 0) is 49.8 Å². The van der Waals surface area contributed by atoms with Crippen molar-refractivity contribution in [3.8, 4) is 5.69 Å². The summed E-state index contributed by atoms with van der Waals surface area (Å²) in [5, 5.41) is 4.73. The van der Waals surface area contributed by atoms with Crippen LogP contribution in [-0.2, 0) is 12.8 Å². The number of benzene rings is 1. The second kappa shape index (κ2) is 7.80. The first-order valence-corrected chi connectivity index (χ1v) is 8.96. The summed E-state index contributed by atoms with van der Waals surface area (Å²) >= 11 is 0. The average Bonchev–Trinajstić information content (AvgIpc) is 3.17. The van der Waals surface area contributed by atoms with Crippen molar-refractivity contribution in [3.05, 3.63) is 46.8 Å². The standard InChI is InChI=1S/C20H28N4O.ClH/c1-14-8-5-6-10-16(14)24-17-11-7-9-15(17)18(22-24)19(25)23(4)13-20(2,3)12-21;/h5-6,8,10H,7,9,11-13,21H2,1-4H3;1H. The Kier molecular flexibility index (Phi) is 6.14. The number of amides is 1. The summed E-state index contributed by atoms with van der Waals surface area (Å²) in [6.07, 6.45) is 2.98. The molecule has 1 aliphatic rings. The highest BCUT2D eigenvalue weighted by molar-refractivity contribution is 5.94. The van der Waals surface area contributed by atoms with Crippen LogP contribution >= 0.6 is 12.4 Å². The molecule has 0 radical (unpaired) electrons. The predicted octanol–water partition coefficient (Wildman–Crippen LogP) is 3.15. The van der Waals surface area contributed by atoms with Gasteiger partial charge in [-0.3, -0.25) is 4.79 Å². The van der Waals surface area contributed by atoms with Crippen LogP contribution in [0.5, 0.6) is 0 Å². The maximum absolute atomic E-state index is 13.0. The number of carbonyl (C=O) groups excluding carboxylic acids is 1. The Morgan fingerprint density at radius 1 is 1.31 bits per heavy atom. The largest absolute Gasteiger partial charge is 0.340 e. The van der Waals surface area contributed by atoms with Gasteiger partial charge in [-0.2, -0.15) is 5.10 Å². The van der Waals surface area contributed by atoms with Gasteiger partial charge in [-0.1, -0.05) is 32.0 Å². The molecule has 1 aliphatic carbocycles. The number of para-hydroxylation sites is 1. The minimum atomic E-state index is -0.105. The van der Waals surface area contributed by atoms with Crippen molar-refractivity contribution in [2.24, 2.45) is 11.1 Å². The van der Waals surface area contributed by atoms with Crippen LogP contribution in [0, 0.1) is 12.3 Å². The summed E-state index contributed by atoms with van der Waals surface area (Å²) in [4.78, 5) is 14.8. The number of carbonyl (C=O) groups is 1. The number of halogens is 1. The van der Waals surface area contributed by atoms with Gasteiger partial charge in [0, 0.05) is 24.8 Å². The van der Waals surface area contributed by atoms with E-state index in [9.17, 15) is 4.79 Å². The zero-order valence-electron chi connectivity index (χ0n) is 16.1. The van der Waals surface area contributed by atoms with E-state index in [0.717, 1.165) is 36.1 Å². The van der Waals surface area contributed by atoms with Gasteiger partial charge in [0.05, 0.1) is 5.69 Å². The smallest absolute Gasteiger partial charge is 0.274 e. The molecule has 0 unspecified atom stereocenters. The van der Waals surface area contributed by atoms with Gasteiger partial charge in [0.15, 0.2) is 5.69 Å². The summed E-state index contributed by atoms with van der Waals surface area (Å²) in [7, 11) is 1.84. The van der Waals surface area contributed by atoms with Crippen LogP contribution < -0.4 is 5.73 Å². The maximum Gasteiger partial charge on any atom is 0.274 e. The molecule has 26 heavy (non-hydrogen) atoms. The quantitative estimate of drug-likeness (QED) is 0.871. The van der Waals surface area contributed by atoms with Gasteiger partial charge in [0.25, 0.3) is 5.91 Å². The SMILES string of the molecule is Cc1ccccc1-n1nc(C(=O)N(C)CC(C)(C)CN)c2c1CCC2.Cl. The number of nitrogens with two attached hydrogens (primary N) is 1. The predicted molar refractivity (Wildman–Crippen MR) is 107 cm³/mol.